The molecule has 0 radical (unpaired) electrons. The third kappa shape index (κ3) is 5.57. The molecule has 5 heteroatoms. The highest BCUT2D eigenvalue weighted by atomic mass is 19.3. The first kappa shape index (κ1) is 16.4. The van der Waals surface area contributed by atoms with Gasteiger partial charge in [0.2, 0.25) is 0 Å². The van der Waals surface area contributed by atoms with E-state index in [0.29, 0.717) is 12.4 Å². The molecule has 1 atom stereocenters. The number of hydrogen-bond donors (Lipinski definition) is 1. The molecular weight excluding hydrogens is 264 g/mol. The van der Waals surface area contributed by atoms with Gasteiger partial charge >= 0.3 is 6.61 Å². The average Bonchev–Trinajstić information content (AvgIpc) is 2.39. The van der Waals surface area contributed by atoms with Crippen molar-refractivity contribution in [2.45, 2.75) is 33.4 Å². The van der Waals surface area contributed by atoms with Crippen molar-refractivity contribution in [3.63, 3.8) is 0 Å². The van der Waals surface area contributed by atoms with Gasteiger partial charge in [-0.2, -0.15) is 8.78 Å². The quantitative estimate of drug-likeness (QED) is 0.790. The minimum Gasteiger partial charge on any atom is -0.490 e. The molecule has 1 aromatic carbocycles. The van der Waals surface area contributed by atoms with Crippen LogP contribution in [0.1, 0.15) is 26.3 Å². The van der Waals surface area contributed by atoms with Gasteiger partial charge in [0.1, 0.15) is 0 Å². The van der Waals surface area contributed by atoms with Crippen molar-refractivity contribution in [2.24, 2.45) is 0 Å². The second-order valence-corrected chi connectivity index (χ2v) is 4.22. The normalized spacial score (nSPS) is 12.9. The molecule has 20 heavy (non-hydrogen) atoms. The summed E-state index contributed by atoms with van der Waals surface area (Å²) in [6.45, 7) is 4.29. The summed E-state index contributed by atoms with van der Waals surface area (Å²) in [4.78, 5) is 0. The van der Waals surface area contributed by atoms with Crippen molar-refractivity contribution >= 4 is 6.08 Å². The molecule has 0 aromatic heterocycles. The smallest absolute Gasteiger partial charge is 0.387 e. The molecule has 0 aliphatic carbocycles. The molecule has 0 saturated carbocycles. The summed E-state index contributed by atoms with van der Waals surface area (Å²) in [7, 11) is 0. The topological polar surface area (TPSA) is 30.5 Å². The van der Waals surface area contributed by atoms with Crippen molar-refractivity contribution in [3.05, 3.63) is 29.8 Å². The summed E-state index contributed by atoms with van der Waals surface area (Å²) >= 11 is 0. The van der Waals surface area contributed by atoms with E-state index in [0.717, 1.165) is 12.1 Å². The zero-order valence-electron chi connectivity index (χ0n) is 12.0. The van der Waals surface area contributed by atoms with E-state index in [-0.39, 0.29) is 11.8 Å². The number of benzene rings is 1. The van der Waals surface area contributed by atoms with Crippen LogP contribution in [0.25, 0.3) is 6.08 Å². The molecule has 1 rings (SSSR count). The van der Waals surface area contributed by atoms with Crippen LogP contribution in [0.5, 0.6) is 11.5 Å². The van der Waals surface area contributed by atoms with Crippen LogP contribution in [0.3, 0.4) is 0 Å². The van der Waals surface area contributed by atoms with E-state index in [4.69, 9.17) is 4.74 Å². The monoisotopic (exact) mass is 285 g/mol. The Morgan fingerprint density at radius 1 is 1.25 bits per heavy atom. The lowest BCUT2D eigenvalue weighted by Crippen LogP contribution is -2.22. The Morgan fingerprint density at radius 2 is 2.00 bits per heavy atom. The number of rotatable bonds is 8. The lowest BCUT2D eigenvalue weighted by molar-refractivity contribution is -0.0514. The predicted molar refractivity (Wildman–Crippen MR) is 76.4 cm³/mol. The molecule has 0 bridgehead atoms. The number of likely N-dealkylation sites (N-methyl/N-ethyl adjacent to an activating group) is 1. The summed E-state index contributed by atoms with van der Waals surface area (Å²) < 4.78 is 34.3. The van der Waals surface area contributed by atoms with Crippen molar-refractivity contribution in [3.8, 4) is 11.5 Å². The van der Waals surface area contributed by atoms with E-state index in [1.165, 1.54) is 6.07 Å². The third-order valence-electron chi connectivity index (χ3n) is 2.59. The molecule has 112 valence electrons. The first-order chi connectivity index (χ1) is 9.56. The molecule has 0 saturated heterocycles. The molecular formula is C15H21F2NO2. The van der Waals surface area contributed by atoms with E-state index >= 15 is 0 Å². The Morgan fingerprint density at radius 3 is 2.60 bits per heavy atom. The van der Waals surface area contributed by atoms with Crippen molar-refractivity contribution < 1.29 is 18.3 Å². The third-order valence-corrected chi connectivity index (χ3v) is 2.59. The van der Waals surface area contributed by atoms with Crippen molar-refractivity contribution in [1.82, 2.24) is 5.32 Å². The summed E-state index contributed by atoms with van der Waals surface area (Å²) in [5.41, 5.74) is 0.875. The van der Waals surface area contributed by atoms with Crippen LogP contribution in [-0.4, -0.2) is 25.8 Å². The van der Waals surface area contributed by atoms with Crippen molar-refractivity contribution in [1.29, 1.82) is 0 Å². The number of halogens is 2. The molecule has 0 heterocycles. The van der Waals surface area contributed by atoms with Crippen LogP contribution in [0.15, 0.2) is 24.3 Å². The zero-order valence-corrected chi connectivity index (χ0v) is 12.0. The van der Waals surface area contributed by atoms with Crippen LogP contribution in [0.4, 0.5) is 8.78 Å². The number of nitrogens with one attached hydrogen (secondary N) is 1. The van der Waals surface area contributed by atoms with Crippen molar-refractivity contribution in [2.75, 3.05) is 13.2 Å². The Kier molecular flexibility index (Phi) is 7.01. The molecule has 1 unspecified atom stereocenters. The molecule has 1 aromatic rings. The van der Waals surface area contributed by atoms with E-state index in [9.17, 15) is 8.78 Å². The highest BCUT2D eigenvalue weighted by Crippen LogP contribution is 2.30. The maximum Gasteiger partial charge on any atom is 0.387 e. The van der Waals surface area contributed by atoms with Gasteiger partial charge < -0.3 is 14.8 Å². The predicted octanol–water partition coefficient (Wildman–Crippen LogP) is 3.70. The summed E-state index contributed by atoms with van der Waals surface area (Å²) in [5, 5.41) is 3.25. The first-order valence-electron chi connectivity index (χ1n) is 6.70. The maximum absolute atomic E-state index is 12.3. The highest BCUT2D eigenvalue weighted by Gasteiger charge is 2.10. The second kappa shape index (κ2) is 8.53. The molecule has 0 fully saturated rings. The maximum atomic E-state index is 12.3. The van der Waals surface area contributed by atoms with Gasteiger partial charge in [0, 0.05) is 6.04 Å². The lowest BCUT2D eigenvalue weighted by atomic mass is 10.1. The first-order valence-corrected chi connectivity index (χ1v) is 6.70. The van der Waals surface area contributed by atoms with Crippen LogP contribution in [-0.2, 0) is 0 Å². The van der Waals surface area contributed by atoms with Gasteiger partial charge in [-0.15, -0.1) is 0 Å². The Hall–Kier alpha value is -1.62. The van der Waals surface area contributed by atoms with Gasteiger partial charge in [-0.3, -0.25) is 0 Å². The second-order valence-electron chi connectivity index (χ2n) is 4.22. The van der Waals surface area contributed by atoms with Gasteiger partial charge in [0.05, 0.1) is 6.61 Å². The lowest BCUT2D eigenvalue weighted by Gasteiger charge is -2.12. The summed E-state index contributed by atoms with van der Waals surface area (Å²) in [6, 6.07) is 5.15. The number of alkyl halides is 2. The zero-order chi connectivity index (χ0) is 15.0. The fourth-order valence-corrected chi connectivity index (χ4v) is 1.74. The minimum absolute atomic E-state index is 0.0544. The van der Waals surface area contributed by atoms with Gasteiger partial charge in [-0.25, -0.2) is 0 Å². The van der Waals surface area contributed by atoms with Gasteiger partial charge in [0.15, 0.2) is 11.5 Å². The van der Waals surface area contributed by atoms with Gasteiger partial charge in [-0.1, -0.05) is 25.1 Å². The van der Waals surface area contributed by atoms with Gasteiger partial charge in [-0.05, 0) is 38.1 Å². The Bertz CT molecular complexity index is 436. The van der Waals surface area contributed by atoms with Crippen LogP contribution < -0.4 is 14.8 Å². The van der Waals surface area contributed by atoms with Gasteiger partial charge in [0.25, 0.3) is 0 Å². The Balaban J connectivity index is 2.86. The van der Waals surface area contributed by atoms with E-state index in [1.54, 1.807) is 19.1 Å². The highest BCUT2D eigenvalue weighted by molar-refractivity contribution is 5.56. The largest absolute Gasteiger partial charge is 0.490 e. The van der Waals surface area contributed by atoms with Crippen LogP contribution in [0, 0.1) is 0 Å². The van der Waals surface area contributed by atoms with E-state index < -0.39 is 6.61 Å². The summed E-state index contributed by atoms with van der Waals surface area (Å²) in [5.74, 6) is 0.379. The van der Waals surface area contributed by atoms with E-state index in [1.807, 2.05) is 26.0 Å². The molecule has 3 nitrogen and oxygen atoms in total. The number of hydrogen-bond acceptors (Lipinski definition) is 3. The SMILES string of the molecule is CCNC(C)/C=C/c1ccc(OC(F)F)c(OCC)c1. The molecule has 0 aliphatic heterocycles. The molecule has 0 aliphatic rings. The van der Waals surface area contributed by atoms with Crippen LogP contribution in [0.2, 0.25) is 0 Å². The number of ether oxygens (including phenoxy) is 2. The average molecular weight is 285 g/mol. The van der Waals surface area contributed by atoms with Crippen LogP contribution >= 0.6 is 0 Å². The Labute approximate surface area is 118 Å². The molecule has 0 spiro atoms. The molecule has 0 amide bonds. The fourth-order valence-electron chi connectivity index (χ4n) is 1.74. The summed E-state index contributed by atoms with van der Waals surface area (Å²) in [6.07, 6.45) is 3.92. The fraction of sp³-hybridized carbons (Fsp3) is 0.467. The molecule has 1 N–H and O–H groups in total. The standard InChI is InChI=1S/C15H21F2NO2/c1-4-18-11(3)6-7-12-8-9-13(20-15(16)17)14(10-12)19-5-2/h6-11,15,18H,4-5H2,1-3H3/b7-6+. The van der Waals surface area contributed by atoms with E-state index in [2.05, 4.69) is 10.1 Å². The minimum atomic E-state index is -2.86.